The summed E-state index contributed by atoms with van der Waals surface area (Å²) in [5.41, 5.74) is 5.42. The van der Waals surface area contributed by atoms with Gasteiger partial charge in [-0.25, -0.2) is 4.98 Å². The number of benzene rings is 2. The van der Waals surface area contributed by atoms with Gasteiger partial charge in [-0.15, -0.1) is 0 Å². The highest BCUT2D eigenvalue weighted by Crippen LogP contribution is 2.44. The maximum absolute atomic E-state index is 6.38. The first-order valence-corrected chi connectivity index (χ1v) is 16.1. The van der Waals surface area contributed by atoms with E-state index in [4.69, 9.17) is 14.5 Å². The summed E-state index contributed by atoms with van der Waals surface area (Å²) in [6.07, 6.45) is 7.42. The van der Waals surface area contributed by atoms with Gasteiger partial charge in [0, 0.05) is 80.7 Å². The number of piperidine rings is 1. The summed E-state index contributed by atoms with van der Waals surface area (Å²) in [6, 6.07) is 9.01. The Bertz CT molecular complexity index is 1660. The minimum Gasteiger partial charge on any atom is -0.494 e. The van der Waals surface area contributed by atoms with Crippen LogP contribution in [0, 0.1) is 6.92 Å². The molecule has 2 atom stereocenters. The number of nitrogens with one attached hydrogen (secondary N) is 2. The third-order valence-electron chi connectivity index (χ3n) is 9.22. The van der Waals surface area contributed by atoms with Crippen LogP contribution in [-0.4, -0.2) is 94.8 Å². The maximum atomic E-state index is 6.38. The lowest BCUT2D eigenvalue weighted by Crippen LogP contribution is -2.57. The first kappa shape index (κ1) is 29.0. The first-order chi connectivity index (χ1) is 21.5. The molecule has 12 heteroatoms. The fourth-order valence-corrected chi connectivity index (χ4v) is 6.99. The normalized spacial score (nSPS) is 20.5. The Morgan fingerprint density at radius 3 is 2.66 bits per heavy atom. The molecule has 44 heavy (non-hydrogen) atoms. The lowest BCUT2D eigenvalue weighted by atomic mass is 9.93. The molecule has 3 aliphatic rings. The van der Waals surface area contributed by atoms with Crippen LogP contribution in [0.2, 0.25) is 0 Å². The summed E-state index contributed by atoms with van der Waals surface area (Å²) >= 11 is 3.59. The fraction of sp³-hybridized carbons (Fsp3) is 0.438. The summed E-state index contributed by atoms with van der Waals surface area (Å²) in [4.78, 5) is 25.9. The Kier molecular flexibility index (Phi) is 8.13. The second-order valence-electron chi connectivity index (χ2n) is 11.6. The predicted molar refractivity (Wildman–Crippen MR) is 177 cm³/mol. The number of methoxy groups -OCH3 is 1. The molecular formula is C32H38BrN9O2. The minimum atomic E-state index is 0.363. The molecule has 0 bridgehead atoms. The average molecular weight is 661 g/mol. The van der Waals surface area contributed by atoms with Crippen LogP contribution in [-0.2, 0) is 0 Å². The molecule has 11 nitrogen and oxygen atoms in total. The maximum Gasteiger partial charge on any atom is 0.229 e. The van der Waals surface area contributed by atoms with E-state index in [0.717, 1.165) is 88.7 Å². The molecule has 230 valence electrons. The van der Waals surface area contributed by atoms with E-state index in [1.165, 1.54) is 13.1 Å². The smallest absolute Gasteiger partial charge is 0.229 e. The van der Waals surface area contributed by atoms with Crippen molar-refractivity contribution >= 4 is 55.8 Å². The molecule has 0 amide bonds. The Morgan fingerprint density at radius 2 is 1.84 bits per heavy atom. The Labute approximate surface area is 266 Å². The van der Waals surface area contributed by atoms with E-state index < -0.39 is 0 Å². The van der Waals surface area contributed by atoms with Gasteiger partial charge in [0.05, 0.1) is 40.0 Å². The summed E-state index contributed by atoms with van der Waals surface area (Å²) < 4.78 is 13.0. The largest absolute Gasteiger partial charge is 0.494 e. The molecule has 5 heterocycles. The van der Waals surface area contributed by atoms with Crippen LogP contribution in [0.25, 0.3) is 11.0 Å². The zero-order valence-corrected chi connectivity index (χ0v) is 27.0. The molecule has 0 spiro atoms. The topological polar surface area (TPSA) is 104 Å². The molecule has 0 aliphatic carbocycles. The molecule has 2 unspecified atom stereocenters. The van der Waals surface area contributed by atoms with Crippen molar-refractivity contribution in [3.8, 4) is 11.5 Å². The molecule has 7 rings (SSSR count). The van der Waals surface area contributed by atoms with Crippen molar-refractivity contribution in [3.05, 3.63) is 52.9 Å². The number of likely N-dealkylation sites (N-methyl/N-ethyl adjacent to an activating group) is 1. The van der Waals surface area contributed by atoms with Gasteiger partial charge < -0.3 is 29.9 Å². The Balaban J connectivity index is 1.08. The molecule has 0 radical (unpaired) electrons. The van der Waals surface area contributed by atoms with Crippen LogP contribution in [0.1, 0.15) is 25.3 Å². The van der Waals surface area contributed by atoms with Crippen LogP contribution in [0.4, 0.5) is 28.8 Å². The number of aryl methyl sites for hydroxylation is 1. The van der Waals surface area contributed by atoms with E-state index in [0.29, 0.717) is 30.5 Å². The van der Waals surface area contributed by atoms with Crippen molar-refractivity contribution in [3.63, 3.8) is 0 Å². The molecule has 2 fully saturated rings. The summed E-state index contributed by atoms with van der Waals surface area (Å²) in [5, 5.41) is 6.79. The van der Waals surface area contributed by atoms with Crippen molar-refractivity contribution < 1.29 is 9.47 Å². The number of hydrogen-bond donors (Lipinski definition) is 2. The molecule has 3 aliphatic heterocycles. The van der Waals surface area contributed by atoms with E-state index in [1.54, 1.807) is 25.7 Å². The van der Waals surface area contributed by atoms with Crippen molar-refractivity contribution in [2.75, 3.05) is 68.5 Å². The number of ether oxygens (including phenoxy) is 2. The van der Waals surface area contributed by atoms with Gasteiger partial charge in [-0.3, -0.25) is 14.9 Å². The van der Waals surface area contributed by atoms with Crippen molar-refractivity contribution in [2.24, 2.45) is 0 Å². The quantitative estimate of drug-likeness (QED) is 0.268. The van der Waals surface area contributed by atoms with E-state index in [2.05, 4.69) is 69.2 Å². The van der Waals surface area contributed by atoms with Crippen LogP contribution in [0.15, 0.2) is 47.3 Å². The highest BCUT2D eigenvalue weighted by atomic mass is 79.9. The average Bonchev–Trinajstić information content (AvgIpc) is 3.07. The number of anilines is 5. The predicted octanol–water partition coefficient (Wildman–Crippen LogP) is 5.35. The number of halogens is 1. The number of piperazine rings is 1. The highest BCUT2D eigenvalue weighted by Gasteiger charge is 2.37. The summed E-state index contributed by atoms with van der Waals surface area (Å²) in [7, 11) is 1.69. The van der Waals surface area contributed by atoms with Gasteiger partial charge in [-0.05, 0) is 54.4 Å². The number of aromatic nitrogens is 4. The third-order valence-corrected chi connectivity index (χ3v) is 9.80. The molecular weight excluding hydrogens is 622 g/mol. The summed E-state index contributed by atoms with van der Waals surface area (Å²) in [6.45, 7) is 11.8. The molecule has 2 aromatic carbocycles. The highest BCUT2D eigenvalue weighted by molar-refractivity contribution is 9.10. The molecule has 2 saturated heterocycles. The zero-order chi connectivity index (χ0) is 30.2. The second-order valence-corrected chi connectivity index (χ2v) is 12.5. The standard InChI is InChI=1S/C32H38BrN9O2/c1-4-40-11-13-41(14-12-40)21-7-10-42-22(15-21)19-44-29-16-26(28(43-3)17-27(29)42)38-32-36-18-23(33)31(39-32)37-24-5-6-25-30(20(24)2)35-9-8-34-25/h5-6,8-9,16-18,21-22H,4,7,10-15,19H2,1-3H3,(H2,36,37,38,39). The second kappa shape index (κ2) is 12.3. The number of rotatable bonds is 7. The van der Waals surface area contributed by atoms with E-state index in [9.17, 15) is 0 Å². The van der Waals surface area contributed by atoms with Crippen molar-refractivity contribution in [1.29, 1.82) is 0 Å². The van der Waals surface area contributed by atoms with Crippen LogP contribution in [0.3, 0.4) is 0 Å². The third kappa shape index (κ3) is 5.62. The summed E-state index contributed by atoms with van der Waals surface area (Å²) in [5.74, 6) is 2.63. The van der Waals surface area contributed by atoms with E-state index in [-0.39, 0.29) is 0 Å². The first-order valence-electron chi connectivity index (χ1n) is 15.4. The molecule has 4 aromatic rings. The van der Waals surface area contributed by atoms with Crippen LogP contribution < -0.4 is 25.0 Å². The van der Waals surface area contributed by atoms with Gasteiger partial charge in [0.1, 0.15) is 23.9 Å². The lowest BCUT2D eigenvalue weighted by molar-refractivity contribution is 0.0740. The molecule has 2 aromatic heterocycles. The van der Waals surface area contributed by atoms with Crippen LogP contribution in [0.5, 0.6) is 11.5 Å². The minimum absolute atomic E-state index is 0.363. The van der Waals surface area contributed by atoms with Gasteiger partial charge in [0.15, 0.2) is 0 Å². The van der Waals surface area contributed by atoms with Crippen molar-refractivity contribution in [2.45, 2.75) is 38.8 Å². The Hall–Kier alpha value is -3.74. The number of hydrogen-bond acceptors (Lipinski definition) is 11. The molecule has 2 N–H and O–H groups in total. The van der Waals surface area contributed by atoms with Crippen molar-refractivity contribution in [1.82, 2.24) is 29.7 Å². The monoisotopic (exact) mass is 659 g/mol. The van der Waals surface area contributed by atoms with Gasteiger partial charge in [-0.2, -0.15) is 4.98 Å². The lowest BCUT2D eigenvalue weighted by Gasteiger charge is -2.48. The Morgan fingerprint density at radius 1 is 1.00 bits per heavy atom. The van der Waals surface area contributed by atoms with Gasteiger partial charge in [0.2, 0.25) is 5.95 Å². The van der Waals surface area contributed by atoms with Gasteiger partial charge in [0.25, 0.3) is 0 Å². The van der Waals surface area contributed by atoms with Gasteiger partial charge in [-0.1, -0.05) is 6.92 Å². The molecule has 0 saturated carbocycles. The van der Waals surface area contributed by atoms with E-state index >= 15 is 0 Å². The van der Waals surface area contributed by atoms with E-state index in [1.807, 2.05) is 25.1 Å². The van der Waals surface area contributed by atoms with Crippen LogP contribution >= 0.6 is 15.9 Å². The van der Waals surface area contributed by atoms with Gasteiger partial charge >= 0.3 is 0 Å². The SMILES string of the molecule is CCN1CCN(C2CCN3c4cc(OC)c(Nc5ncc(Br)c(Nc6ccc7nccnc7c6C)n5)cc4OCC3C2)CC1. The fourth-order valence-electron chi connectivity index (χ4n) is 6.70. The zero-order valence-electron chi connectivity index (χ0n) is 25.4. The number of nitrogens with zero attached hydrogens (tertiary/aromatic N) is 7. The number of fused-ring (bicyclic) bond motifs is 4.